The average molecular weight is 366 g/mol. The van der Waals surface area contributed by atoms with Crippen LogP contribution in [0.15, 0.2) is 60.2 Å². The molecular formula is C21H23N3OS. The number of carbonyl (C=O) groups excluding carboxylic acids is 1. The Balaban J connectivity index is 1.52. The van der Waals surface area contributed by atoms with Crippen LogP contribution in [0.3, 0.4) is 0 Å². The van der Waals surface area contributed by atoms with Crippen LogP contribution in [0.1, 0.15) is 31.5 Å². The molecule has 1 N–H and O–H groups in total. The van der Waals surface area contributed by atoms with Crippen LogP contribution in [0.2, 0.25) is 0 Å². The number of hydrogen-bond acceptors (Lipinski definition) is 4. The largest absolute Gasteiger partial charge is 0.351 e. The molecule has 3 rings (SSSR count). The zero-order valence-electron chi connectivity index (χ0n) is 15.1. The van der Waals surface area contributed by atoms with Crippen molar-refractivity contribution in [2.24, 2.45) is 0 Å². The van der Waals surface area contributed by atoms with Crippen LogP contribution in [0.25, 0.3) is 10.6 Å². The normalized spacial score (nSPS) is 11.3. The van der Waals surface area contributed by atoms with Gasteiger partial charge in [-0.3, -0.25) is 9.78 Å². The molecule has 0 aliphatic rings. The van der Waals surface area contributed by atoms with Gasteiger partial charge in [0, 0.05) is 35.3 Å². The van der Waals surface area contributed by atoms with E-state index in [1.807, 2.05) is 35.7 Å². The van der Waals surface area contributed by atoms with Crippen molar-refractivity contribution in [2.75, 3.05) is 0 Å². The smallest absolute Gasteiger partial charge is 0.220 e. The van der Waals surface area contributed by atoms with E-state index in [9.17, 15) is 4.79 Å². The Labute approximate surface area is 158 Å². The standard InChI is InChI=1S/C21H23N3OS/c1-21(2,13-16-7-4-3-5-8-16)24-19(25)11-10-18-15-26-20(23-18)17-9-6-12-22-14-17/h3-9,12,14-15H,10-11,13H2,1-2H3,(H,24,25). The fourth-order valence-electron chi connectivity index (χ4n) is 2.88. The molecule has 5 heteroatoms. The highest BCUT2D eigenvalue weighted by atomic mass is 32.1. The molecule has 1 amide bonds. The van der Waals surface area contributed by atoms with Gasteiger partial charge in [0.05, 0.1) is 5.69 Å². The second-order valence-electron chi connectivity index (χ2n) is 6.98. The summed E-state index contributed by atoms with van der Waals surface area (Å²) in [7, 11) is 0. The van der Waals surface area contributed by atoms with Gasteiger partial charge in [-0.1, -0.05) is 30.3 Å². The highest BCUT2D eigenvalue weighted by Gasteiger charge is 2.21. The van der Waals surface area contributed by atoms with Crippen LogP contribution in [0, 0.1) is 0 Å². The fraction of sp³-hybridized carbons (Fsp3) is 0.286. The summed E-state index contributed by atoms with van der Waals surface area (Å²) in [4.78, 5) is 21.1. The Morgan fingerprint density at radius 2 is 1.96 bits per heavy atom. The molecule has 0 bridgehead atoms. The number of nitrogens with zero attached hydrogens (tertiary/aromatic N) is 2. The molecule has 0 saturated carbocycles. The first-order chi connectivity index (χ1) is 12.5. The third kappa shape index (κ3) is 5.23. The predicted molar refractivity (Wildman–Crippen MR) is 106 cm³/mol. The minimum Gasteiger partial charge on any atom is -0.351 e. The van der Waals surface area contributed by atoms with Crippen molar-refractivity contribution in [1.29, 1.82) is 0 Å². The summed E-state index contributed by atoms with van der Waals surface area (Å²) in [5, 5.41) is 6.10. The molecule has 0 radical (unpaired) electrons. The Kier molecular flexibility index (Phi) is 5.78. The van der Waals surface area contributed by atoms with E-state index in [0.29, 0.717) is 12.8 Å². The Morgan fingerprint density at radius 3 is 2.69 bits per heavy atom. The van der Waals surface area contributed by atoms with Crippen molar-refractivity contribution < 1.29 is 4.79 Å². The lowest BCUT2D eigenvalue weighted by Crippen LogP contribution is -2.45. The van der Waals surface area contributed by atoms with E-state index in [2.05, 4.69) is 41.3 Å². The molecule has 4 nitrogen and oxygen atoms in total. The number of amides is 1. The molecule has 0 atom stereocenters. The van der Waals surface area contributed by atoms with E-state index in [1.165, 1.54) is 5.56 Å². The van der Waals surface area contributed by atoms with Crippen molar-refractivity contribution in [2.45, 2.75) is 38.6 Å². The Hall–Kier alpha value is -2.53. The van der Waals surface area contributed by atoms with Gasteiger partial charge in [0.2, 0.25) is 5.91 Å². The summed E-state index contributed by atoms with van der Waals surface area (Å²) in [6.07, 6.45) is 5.45. The van der Waals surface area contributed by atoms with Crippen molar-refractivity contribution in [3.8, 4) is 10.6 Å². The van der Waals surface area contributed by atoms with E-state index in [1.54, 1.807) is 23.7 Å². The number of aryl methyl sites for hydroxylation is 1. The number of aromatic nitrogens is 2. The van der Waals surface area contributed by atoms with Gasteiger partial charge >= 0.3 is 0 Å². The molecule has 1 aromatic carbocycles. The van der Waals surface area contributed by atoms with E-state index in [0.717, 1.165) is 22.7 Å². The lowest BCUT2D eigenvalue weighted by atomic mass is 9.94. The van der Waals surface area contributed by atoms with E-state index in [-0.39, 0.29) is 11.4 Å². The molecule has 26 heavy (non-hydrogen) atoms. The number of thiazole rings is 1. The lowest BCUT2D eigenvalue weighted by Gasteiger charge is -2.26. The number of nitrogens with one attached hydrogen (secondary N) is 1. The summed E-state index contributed by atoms with van der Waals surface area (Å²) >= 11 is 1.59. The van der Waals surface area contributed by atoms with Crippen molar-refractivity contribution >= 4 is 17.2 Å². The SMILES string of the molecule is CC(C)(Cc1ccccc1)NC(=O)CCc1csc(-c2cccnc2)n1. The van der Waals surface area contributed by atoms with Crippen LogP contribution in [0.5, 0.6) is 0 Å². The first kappa shape index (κ1) is 18.3. The van der Waals surface area contributed by atoms with Crippen molar-refractivity contribution in [3.63, 3.8) is 0 Å². The van der Waals surface area contributed by atoms with Gasteiger partial charge in [-0.2, -0.15) is 0 Å². The topological polar surface area (TPSA) is 54.9 Å². The summed E-state index contributed by atoms with van der Waals surface area (Å²) in [5.41, 5.74) is 2.90. The predicted octanol–water partition coefficient (Wildman–Crippen LogP) is 4.28. The Morgan fingerprint density at radius 1 is 1.15 bits per heavy atom. The summed E-state index contributed by atoms with van der Waals surface area (Å²) in [5.74, 6) is 0.0573. The number of pyridine rings is 1. The molecular weight excluding hydrogens is 342 g/mol. The van der Waals surface area contributed by atoms with Gasteiger partial charge in [0.25, 0.3) is 0 Å². The zero-order chi connectivity index (χ0) is 18.4. The quantitative estimate of drug-likeness (QED) is 0.680. The van der Waals surface area contributed by atoms with Gasteiger partial charge < -0.3 is 5.32 Å². The summed E-state index contributed by atoms with van der Waals surface area (Å²) in [6.45, 7) is 4.11. The maximum absolute atomic E-state index is 12.4. The maximum Gasteiger partial charge on any atom is 0.220 e. The maximum atomic E-state index is 12.4. The number of benzene rings is 1. The number of rotatable bonds is 7. The van der Waals surface area contributed by atoms with Crippen LogP contribution in [-0.4, -0.2) is 21.4 Å². The third-order valence-electron chi connectivity index (χ3n) is 4.04. The molecule has 0 fully saturated rings. The second-order valence-corrected chi connectivity index (χ2v) is 7.84. The highest BCUT2D eigenvalue weighted by Crippen LogP contribution is 2.23. The average Bonchev–Trinajstić information content (AvgIpc) is 3.10. The van der Waals surface area contributed by atoms with E-state index < -0.39 is 0 Å². The van der Waals surface area contributed by atoms with E-state index >= 15 is 0 Å². The zero-order valence-corrected chi connectivity index (χ0v) is 15.9. The summed E-state index contributed by atoms with van der Waals surface area (Å²) in [6, 6.07) is 14.1. The first-order valence-electron chi connectivity index (χ1n) is 8.72. The fourth-order valence-corrected chi connectivity index (χ4v) is 3.72. The van der Waals surface area contributed by atoms with Crippen molar-refractivity contribution in [1.82, 2.24) is 15.3 Å². The minimum atomic E-state index is -0.276. The molecule has 0 aliphatic heterocycles. The third-order valence-corrected chi connectivity index (χ3v) is 4.98. The Bertz CT molecular complexity index is 844. The van der Waals surface area contributed by atoms with Crippen LogP contribution < -0.4 is 5.32 Å². The molecule has 0 saturated heterocycles. The molecule has 2 aromatic heterocycles. The molecule has 0 unspecified atom stereocenters. The lowest BCUT2D eigenvalue weighted by molar-refractivity contribution is -0.122. The molecule has 3 aromatic rings. The van der Waals surface area contributed by atoms with Crippen molar-refractivity contribution in [3.05, 3.63) is 71.5 Å². The van der Waals surface area contributed by atoms with Gasteiger partial charge in [-0.25, -0.2) is 4.98 Å². The molecule has 2 heterocycles. The highest BCUT2D eigenvalue weighted by molar-refractivity contribution is 7.13. The van der Waals surface area contributed by atoms with Gasteiger partial charge in [-0.05, 0) is 44.4 Å². The second kappa shape index (κ2) is 8.23. The van der Waals surface area contributed by atoms with Gasteiger partial charge in [0.1, 0.15) is 5.01 Å². The summed E-state index contributed by atoms with van der Waals surface area (Å²) < 4.78 is 0. The molecule has 0 aliphatic carbocycles. The van der Waals surface area contributed by atoms with Crippen LogP contribution in [-0.2, 0) is 17.6 Å². The van der Waals surface area contributed by atoms with Gasteiger partial charge in [-0.15, -0.1) is 11.3 Å². The molecule has 134 valence electrons. The number of hydrogen-bond donors (Lipinski definition) is 1. The van der Waals surface area contributed by atoms with E-state index in [4.69, 9.17) is 0 Å². The van der Waals surface area contributed by atoms with Crippen LogP contribution in [0.4, 0.5) is 0 Å². The van der Waals surface area contributed by atoms with Crippen LogP contribution >= 0.6 is 11.3 Å². The number of carbonyl (C=O) groups is 1. The molecule has 0 spiro atoms. The monoisotopic (exact) mass is 365 g/mol. The first-order valence-corrected chi connectivity index (χ1v) is 9.59. The minimum absolute atomic E-state index is 0.0573. The van der Waals surface area contributed by atoms with Gasteiger partial charge in [0.15, 0.2) is 0 Å².